The standard InChI is InChI=1S/C21H18Cl2N2O3S/c1-15-10-11-18(13-20(15)23)25(29(27,28)19-8-3-2-4-9-19)14-21(26)24-17-7-5-6-16(22)12-17/h2-13H,14H2,1H3,(H,24,26). The van der Waals surface area contributed by atoms with Crippen molar-refractivity contribution in [3.05, 3.63) is 88.4 Å². The minimum Gasteiger partial charge on any atom is -0.324 e. The van der Waals surface area contributed by atoms with Crippen molar-refractivity contribution >= 4 is 50.5 Å². The first-order chi connectivity index (χ1) is 13.8. The largest absolute Gasteiger partial charge is 0.324 e. The molecule has 0 saturated carbocycles. The van der Waals surface area contributed by atoms with Gasteiger partial charge in [0.2, 0.25) is 5.91 Å². The summed E-state index contributed by atoms with van der Waals surface area (Å²) < 4.78 is 27.5. The summed E-state index contributed by atoms with van der Waals surface area (Å²) in [5.41, 5.74) is 1.57. The summed E-state index contributed by atoms with van der Waals surface area (Å²) in [5.74, 6) is -0.511. The van der Waals surface area contributed by atoms with Gasteiger partial charge in [-0.05, 0) is 55.0 Å². The molecule has 1 N–H and O–H groups in total. The smallest absolute Gasteiger partial charge is 0.264 e. The van der Waals surface area contributed by atoms with E-state index in [0.29, 0.717) is 21.4 Å². The predicted molar refractivity (Wildman–Crippen MR) is 117 cm³/mol. The first-order valence-corrected chi connectivity index (χ1v) is 10.9. The van der Waals surface area contributed by atoms with Gasteiger partial charge < -0.3 is 5.32 Å². The van der Waals surface area contributed by atoms with E-state index in [1.54, 1.807) is 54.6 Å². The average molecular weight is 449 g/mol. The van der Waals surface area contributed by atoms with Crippen molar-refractivity contribution in [3.8, 4) is 0 Å². The van der Waals surface area contributed by atoms with Crippen LogP contribution < -0.4 is 9.62 Å². The van der Waals surface area contributed by atoms with Gasteiger partial charge in [0, 0.05) is 15.7 Å². The molecule has 0 saturated heterocycles. The van der Waals surface area contributed by atoms with E-state index in [4.69, 9.17) is 23.2 Å². The van der Waals surface area contributed by atoms with Gasteiger partial charge in [0.25, 0.3) is 10.0 Å². The highest BCUT2D eigenvalue weighted by Crippen LogP contribution is 2.28. The Balaban J connectivity index is 1.96. The van der Waals surface area contributed by atoms with Crippen LogP contribution in [0.3, 0.4) is 0 Å². The monoisotopic (exact) mass is 448 g/mol. The Morgan fingerprint density at radius 1 is 0.966 bits per heavy atom. The van der Waals surface area contributed by atoms with E-state index >= 15 is 0 Å². The molecule has 0 atom stereocenters. The molecule has 3 aromatic rings. The van der Waals surface area contributed by atoms with E-state index in [-0.39, 0.29) is 4.90 Å². The molecule has 29 heavy (non-hydrogen) atoms. The Labute approximate surface area is 179 Å². The van der Waals surface area contributed by atoms with E-state index in [1.165, 1.54) is 18.2 Å². The molecule has 0 bridgehead atoms. The number of carbonyl (C=O) groups is 1. The van der Waals surface area contributed by atoms with Gasteiger partial charge in [-0.1, -0.05) is 53.5 Å². The lowest BCUT2D eigenvalue weighted by Gasteiger charge is -2.24. The summed E-state index contributed by atoms with van der Waals surface area (Å²) in [5, 5.41) is 3.54. The number of hydrogen-bond donors (Lipinski definition) is 1. The number of hydrogen-bond acceptors (Lipinski definition) is 3. The molecule has 1 amide bonds. The van der Waals surface area contributed by atoms with Crippen LogP contribution in [0.1, 0.15) is 5.56 Å². The van der Waals surface area contributed by atoms with Gasteiger partial charge >= 0.3 is 0 Å². The molecule has 0 spiro atoms. The number of nitrogens with one attached hydrogen (secondary N) is 1. The molecule has 0 aliphatic heterocycles. The van der Waals surface area contributed by atoms with Crippen LogP contribution >= 0.6 is 23.2 Å². The molecule has 0 radical (unpaired) electrons. The van der Waals surface area contributed by atoms with Crippen LogP contribution in [0, 0.1) is 6.92 Å². The molecule has 8 heteroatoms. The molecule has 150 valence electrons. The Morgan fingerprint density at radius 2 is 1.69 bits per heavy atom. The van der Waals surface area contributed by atoms with E-state index < -0.39 is 22.5 Å². The molecule has 0 aliphatic rings. The van der Waals surface area contributed by atoms with Crippen molar-refractivity contribution < 1.29 is 13.2 Å². The number of halogens is 2. The second kappa shape index (κ2) is 8.86. The second-order valence-corrected chi connectivity index (χ2v) is 9.02. The maximum atomic E-state index is 13.3. The number of aryl methyl sites for hydroxylation is 1. The summed E-state index contributed by atoms with van der Waals surface area (Å²) >= 11 is 12.1. The number of anilines is 2. The summed E-state index contributed by atoms with van der Waals surface area (Å²) in [6.45, 7) is 1.39. The van der Waals surface area contributed by atoms with E-state index in [2.05, 4.69) is 5.32 Å². The number of carbonyl (C=O) groups excluding carboxylic acids is 1. The van der Waals surface area contributed by atoms with Gasteiger partial charge in [0.05, 0.1) is 10.6 Å². The van der Waals surface area contributed by atoms with Gasteiger partial charge in [0.15, 0.2) is 0 Å². The molecular weight excluding hydrogens is 431 g/mol. The lowest BCUT2D eigenvalue weighted by molar-refractivity contribution is -0.114. The molecule has 3 rings (SSSR count). The van der Waals surface area contributed by atoms with Crippen LogP contribution in [0.15, 0.2) is 77.7 Å². The fourth-order valence-corrected chi connectivity index (χ4v) is 4.47. The molecule has 3 aromatic carbocycles. The minimum atomic E-state index is -3.99. The first kappa shape index (κ1) is 21.2. The zero-order valence-corrected chi connectivity index (χ0v) is 17.8. The normalized spacial score (nSPS) is 11.1. The summed E-state index contributed by atoms with van der Waals surface area (Å²) in [6.07, 6.45) is 0. The Morgan fingerprint density at radius 3 is 2.34 bits per heavy atom. The van der Waals surface area contributed by atoms with Crippen LogP contribution in [-0.4, -0.2) is 20.9 Å². The van der Waals surface area contributed by atoms with Crippen molar-refractivity contribution in [2.45, 2.75) is 11.8 Å². The van der Waals surface area contributed by atoms with Crippen molar-refractivity contribution in [1.82, 2.24) is 0 Å². The van der Waals surface area contributed by atoms with Gasteiger partial charge in [0.1, 0.15) is 6.54 Å². The number of benzene rings is 3. The fourth-order valence-electron chi connectivity index (χ4n) is 2.67. The molecule has 0 heterocycles. The maximum absolute atomic E-state index is 13.3. The van der Waals surface area contributed by atoms with Crippen LogP contribution in [0.25, 0.3) is 0 Å². The SMILES string of the molecule is Cc1ccc(N(CC(=O)Nc2cccc(Cl)c2)S(=O)(=O)c2ccccc2)cc1Cl. The van der Waals surface area contributed by atoms with Gasteiger partial charge in [-0.3, -0.25) is 9.10 Å². The van der Waals surface area contributed by atoms with Crippen molar-refractivity contribution in [3.63, 3.8) is 0 Å². The molecule has 0 unspecified atom stereocenters. The Hall–Kier alpha value is -2.54. The predicted octanol–water partition coefficient (Wildman–Crippen LogP) is 5.14. The van der Waals surface area contributed by atoms with Crippen molar-refractivity contribution in [1.29, 1.82) is 0 Å². The second-order valence-electron chi connectivity index (χ2n) is 6.32. The lowest BCUT2D eigenvalue weighted by atomic mass is 10.2. The van der Waals surface area contributed by atoms with Gasteiger partial charge in [-0.25, -0.2) is 8.42 Å². The quantitative estimate of drug-likeness (QED) is 0.567. The molecule has 0 aliphatic carbocycles. The van der Waals surface area contributed by atoms with Crippen LogP contribution in [0.5, 0.6) is 0 Å². The van der Waals surface area contributed by atoms with Crippen molar-refractivity contribution in [2.75, 3.05) is 16.2 Å². The summed E-state index contributed by atoms with van der Waals surface area (Å²) in [7, 11) is -3.99. The number of nitrogens with zero attached hydrogens (tertiary/aromatic N) is 1. The Bertz CT molecular complexity index is 1140. The highest BCUT2D eigenvalue weighted by Gasteiger charge is 2.27. The zero-order chi connectivity index (χ0) is 21.0. The summed E-state index contributed by atoms with van der Waals surface area (Å²) in [6, 6.07) is 19.4. The third kappa shape index (κ3) is 5.09. The molecule has 0 aromatic heterocycles. The topological polar surface area (TPSA) is 66.5 Å². The number of sulfonamides is 1. The summed E-state index contributed by atoms with van der Waals surface area (Å²) in [4.78, 5) is 12.7. The third-order valence-corrected chi connectivity index (χ3v) is 6.60. The van der Waals surface area contributed by atoms with E-state index in [0.717, 1.165) is 9.87 Å². The van der Waals surface area contributed by atoms with Crippen LogP contribution in [-0.2, 0) is 14.8 Å². The fraction of sp³-hybridized carbons (Fsp3) is 0.0952. The number of amides is 1. The molecule has 5 nitrogen and oxygen atoms in total. The first-order valence-electron chi connectivity index (χ1n) is 8.67. The third-order valence-electron chi connectivity index (χ3n) is 4.17. The highest BCUT2D eigenvalue weighted by atomic mass is 35.5. The number of rotatable bonds is 6. The average Bonchev–Trinajstić information content (AvgIpc) is 2.69. The van der Waals surface area contributed by atoms with Crippen LogP contribution in [0.2, 0.25) is 10.0 Å². The van der Waals surface area contributed by atoms with E-state index in [9.17, 15) is 13.2 Å². The van der Waals surface area contributed by atoms with Gasteiger partial charge in [-0.2, -0.15) is 0 Å². The molecular formula is C21H18Cl2N2O3S. The van der Waals surface area contributed by atoms with Gasteiger partial charge in [-0.15, -0.1) is 0 Å². The lowest BCUT2D eigenvalue weighted by Crippen LogP contribution is -2.38. The maximum Gasteiger partial charge on any atom is 0.264 e. The minimum absolute atomic E-state index is 0.0762. The van der Waals surface area contributed by atoms with Crippen molar-refractivity contribution in [2.24, 2.45) is 0 Å². The molecule has 0 fully saturated rings. The Kier molecular flexibility index (Phi) is 6.47. The zero-order valence-electron chi connectivity index (χ0n) is 15.5. The highest BCUT2D eigenvalue weighted by molar-refractivity contribution is 7.92. The van der Waals surface area contributed by atoms with E-state index in [1.807, 2.05) is 6.92 Å². The van der Waals surface area contributed by atoms with Crippen LogP contribution in [0.4, 0.5) is 11.4 Å².